The number of aromatic nitrogens is 2. The monoisotopic (exact) mass is 363 g/mol. The number of carbonyl (C=O) groups excluding carboxylic acids is 1. The average molecular weight is 364 g/mol. The van der Waals surface area contributed by atoms with Crippen molar-refractivity contribution < 1.29 is 4.79 Å². The molecule has 1 atom stereocenters. The maximum Gasteiger partial charge on any atom is 0.227 e. The van der Waals surface area contributed by atoms with Gasteiger partial charge in [-0.2, -0.15) is 0 Å². The normalized spacial score (nSPS) is 17.0. The molecular weight excluding hydrogens is 346 g/mol. The number of fused-ring (bicyclic) bond motifs is 1. The third kappa shape index (κ3) is 2.65. The summed E-state index contributed by atoms with van der Waals surface area (Å²) < 4.78 is 2.04. The number of amides is 1. The second-order valence-corrected chi connectivity index (χ2v) is 6.95. The molecule has 1 aliphatic rings. The average Bonchev–Trinajstić information content (AvgIpc) is 3.19. The van der Waals surface area contributed by atoms with E-state index in [1.54, 1.807) is 0 Å². The Bertz CT molecular complexity index is 1050. The standard InChI is InChI=1S/C21H18ClN3O/c1-3-11-24-19-9-5-4-8-17(19)23-21(24)15-12-20(26)25(13-15)18-10-6-7-16(22)14(18)2/h1,4-10,15H,11-13H2,2H3/t15-/m0/s1. The number of terminal acetylenes is 1. The number of carbonyl (C=O) groups is 1. The summed E-state index contributed by atoms with van der Waals surface area (Å²) >= 11 is 6.24. The van der Waals surface area contributed by atoms with Gasteiger partial charge in [-0.3, -0.25) is 4.79 Å². The lowest BCUT2D eigenvalue weighted by Crippen LogP contribution is -2.25. The Morgan fingerprint density at radius 1 is 1.27 bits per heavy atom. The van der Waals surface area contributed by atoms with Gasteiger partial charge in [-0.25, -0.2) is 4.98 Å². The molecule has 1 saturated heterocycles. The van der Waals surface area contributed by atoms with E-state index in [1.165, 1.54) is 0 Å². The van der Waals surface area contributed by atoms with Gasteiger partial charge in [-0.05, 0) is 36.8 Å². The van der Waals surface area contributed by atoms with E-state index in [4.69, 9.17) is 23.0 Å². The molecule has 0 N–H and O–H groups in total. The Kier molecular flexibility index (Phi) is 4.18. The summed E-state index contributed by atoms with van der Waals surface area (Å²) in [4.78, 5) is 19.3. The molecule has 130 valence electrons. The summed E-state index contributed by atoms with van der Waals surface area (Å²) in [5, 5.41) is 0.665. The first-order chi connectivity index (χ1) is 12.6. The van der Waals surface area contributed by atoms with E-state index in [0.717, 1.165) is 28.1 Å². The van der Waals surface area contributed by atoms with Crippen LogP contribution in [-0.2, 0) is 11.3 Å². The third-order valence-electron chi connectivity index (χ3n) is 4.95. The van der Waals surface area contributed by atoms with Crippen molar-refractivity contribution in [1.82, 2.24) is 9.55 Å². The molecule has 4 rings (SSSR count). The van der Waals surface area contributed by atoms with E-state index in [9.17, 15) is 4.79 Å². The van der Waals surface area contributed by atoms with Crippen molar-refractivity contribution in [3.8, 4) is 12.3 Å². The number of hydrogen-bond donors (Lipinski definition) is 0. The molecule has 0 aliphatic carbocycles. The summed E-state index contributed by atoms with van der Waals surface area (Å²) in [6, 6.07) is 13.6. The van der Waals surface area contributed by atoms with Crippen LogP contribution in [-0.4, -0.2) is 22.0 Å². The van der Waals surface area contributed by atoms with Crippen LogP contribution in [0.25, 0.3) is 11.0 Å². The van der Waals surface area contributed by atoms with E-state index in [1.807, 2.05) is 58.9 Å². The lowest BCUT2D eigenvalue weighted by molar-refractivity contribution is -0.117. The van der Waals surface area contributed by atoms with Crippen LogP contribution in [0.15, 0.2) is 42.5 Å². The topological polar surface area (TPSA) is 38.1 Å². The highest BCUT2D eigenvalue weighted by molar-refractivity contribution is 6.31. The van der Waals surface area contributed by atoms with Gasteiger partial charge in [-0.15, -0.1) is 6.42 Å². The fraction of sp³-hybridized carbons (Fsp3) is 0.238. The Labute approximate surface area is 157 Å². The van der Waals surface area contributed by atoms with Gasteiger partial charge in [0.15, 0.2) is 0 Å². The maximum absolute atomic E-state index is 12.7. The molecule has 3 aromatic rings. The van der Waals surface area contributed by atoms with Crippen LogP contribution in [0.3, 0.4) is 0 Å². The molecule has 4 nitrogen and oxygen atoms in total. The van der Waals surface area contributed by atoms with E-state index in [2.05, 4.69) is 5.92 Å². The van der Waals surface area contributed by atoms with Crippen molar-refractivity contribution in [3.05, 3.63) is 58.9 Å². The Morgan fingerprint density at radius 2 is 2.08 bits per heavy atom. The van der Waals surface area contributed by atoms with E-state index in [0.29, 0.717) is 24.5 Å². The van der Waals surface area contributed by atoms with Gasteiger partial charge in [0.1, 0.15) is 5.82 Å². The summed E-state index contributed by atoms with van der Waals surface area (Å²) in [6.07, 6.45) is 5.99. The van der Waals surface area contributed by atoms with Crippen LogP contribution in [0.5, 0.6) is 0 Å². The lowest BCUT2D eigenvalue weighted by Gasteiger charge is -2.20. The molecule has 0 saturated carbocycles. The Balaban J connectivity index is 1.74. The largest absolute Gasteiger partial charge is 0.316 e. The second-order valence-electron chi connectivity index (χ2n) is 6.54. The van der Waals surface area contributed by atoms with Crippen LogP contribution >= 0.6 is 11.6 Å². The molecule has 2 heterocycles. The minimum atomic E-state index is 0.00151. The molecule has 1 amide bonds. The van der Waals surface area contributed by atoms with Crippen molar-refractivity contribution in [2.45, 2.75) is 25.8 Å². The van der Waals surface area contributed by atoms with E-state index < -0.39 is 0 Å². The smallest absolute Gasteiger partial charge is 0.227 e. The number of para-hydroxylation sites is 2. The fourth-order valence-corrected chi connectivity index (χ4v) is 3.83. The highest BCUT2D eigenvalue weighted by atomic mass is 35.5. The minimum absolute atomic E-state index is 0.00151. The highest BCUT2D eigenvalue weighted by Crippen LogP contribution is 2.35. The molecule has 0 spiro atoms. The van der Waals surface area contributed by atoms with Crippen molar-refractivity contribution in [2.24, 2.45) is 0 Å². The van der Waals surface area contributed by atoms with Gasteiger partial charge in [-0.1, -0.05) is 35.7 Å². The zero-order chi connectivity index (χ0) is 18.3. The van der Waals surface area contributed by atoms with Crippen molar-refractivity contribution >= 4 is 34.2 Å². The van der Waals surface area contributed by atoms with Gasteiger partial charge in [0.05, 0.1) is 17.6 Å². The quantitative estimate of drug-likeness (QED) is 0.655. The molecule has 1 fully saturated rings. The molecule has 0 radical (unpaired) electrons. The molecule has 5 heteroatoms. The first kappa shape index (κ1) is 16.7. The molecule has 1 aliphatic heterocycles. The SMILES string of the molecule is C#CCn1c([C@H]2CC(=O)N(c3cccc(Cl)c3C)C2)nc2ccccc21. The number of nitrogens with zero attached hydrogens (tertiary/aromatic N) is 3. The van der Waals surface area contributed by atoms with Crippen LogP contribution < -0.4 is 4.90 Å². The second kappa shape index (κ2) is 6.51. The Hall–Kier alpha value is -2.77. The maximum atomic E-state index is 12.7. The fourth-order valence-electron chi connectivity index (χ4n) is 3.67. The molecule has 0 bridgehead atoms. The zero-order valence-electron chi connectivity index (χ0n) is 14.4. The Morgan fingerprint density at radius 3 is 2.88 bits per heavy atom. The summed E-state index contributed by atoms with van der Waals surface area (Å²) in [5.74, 6) is 3.66. The third-order valence-corrected chi connectivity index (χ3v) is 5.36. The summed E-state index contributed by atoms with van der Waals surface area (Å²) in [7, 11) is 0. The van der Waals surface area contributed by atoms with Gasteiger partial charge in [0, 0.05) is 29.6 Å². The van der Waals surface area contributed by atoms with E-state index >= 15 is 0 Å². The van der Waals surface area contributed by atoms with Crippen molar-refractivity contribution in [3.63, 3.8) is 0 Å². The van der Waals surface area contributed by atoms with Crippen LogP contribution in [0.1, 0.15) is 23.7 Å². The number of imidazole rings is 1. The van der Waals surface area contributed by atoms with Crippen molar-refractivity contribution in [1.29, 1.82) is 0 Å². The van der Waals surface area contributed by atoms with Crippen LogP contribution in [0.2, 0.25) is 5.02 Å². The molecule has 1 aromatic heterocycles. The minimum Gasteiger partial charge on any atom is -0.316 e. The number of benzene rings is 2. The number of anilines is 1. The zero-order valence-corrected chi connectivity index (χ0v) is 15.2. The predicted molar refractivity (Wildman–Crippen MR) is 104 cm³/mol. The first-order valence-corrected chi connectivity index (χ1v) is 8.92. The molecular formula is C21H18ClN3O. The molecule has 2 aromatic carbocycles. The van der Waals surface area contributed by atoms with Gasteiger partial charge >= 0.3 is 0 Å². The van der Waals surface area contributed by atoms with Gasteiger partial charge in [0.2, 0.25) is 5.91 Å². The summed E-state index contributed by atoms with van der Waals surface area (Å²) in [6.45, 7) is 2.95. The first-order valence-electron chi connectivity index (χ1n) is 8.54. The van der Waals surface area contributed by atoms with Gasteiger partial charge < -0.3 is 9.47 Å². The highest BCUT2D eigenvalue weighted by Gasteiger charge is 2.35. The number of rotatable bonds is 3. The van der Waals surface area contributed by atoms with Crippen molar-refractivity contribution in [2.75, 3.05) is 11.4 Å². The van der Waals surface area contributed by atoms with Gasteiger partial charge in [0.25, 0.3) is 0 Å². The van der Waals surface area contributed by atoms with Crippen LogP contribution in [0.4, 0.5) is 5.69 Å². The lowest BCUT2D eigenvalue weighted by atomic mass is 10.1. The summed E-state index contributed by atoms with van der Waals surface area (Å²) in [5.41, 5.74) is 3.69. The van der Waals surface area contributed by atoms with E-state index in [-0.39, 0.29) is 11.8 Å². The molecule has 26 heavy (non-hydrogen) atoms. The van der Waals surface area contributed by atoms with Crippen LogP contribution in [0, 0.1) is 19.3 Å². The number of halogens is 1. The molecule has 0 unspecified atom stereocenters. The number of hydrogen-bond acceptors (Lipinski definition) is 2. The predicted octanol–water partition coefficient (Wildman–Crippen LogP) is 4.15.